The van der Waals surface area contributed by atoms with E-state index in [4.69, 9.17) is 4.74 Å². The van der Waals surface area contributed by atoms with Gasteiger partial charge in [-0.05, 0) is 73.8 Å². The Bertz CT molecular complexity index is 1260. The molecule has 9 heteroatoms. The summed E-state index contributed by atoms with van der Waals surface area (Å²) in [7, 11) is -0.789. The summed E-state index contributed by atoms with van der Waals surface area (Å²) in [5.41, 5.74) is 3.37. The summed E-state index contributed by atoms with van der Waals surface area (Å²) in [6.45, 7) is 2.40. The minimum Gasteiger partial charge on any atom is -0.496 e. The first kappa shape index (κ1) is 24.6. The van der Waals surface area contributed by atoms with Crippen LogP contribution in [-0.2, 0) is 16.6 Å². The van der Waals surface area contributed by atoms with Gasteiger partial charge in [-0.3, -0.25) is 4.79 Å². The lowest BCUT2D eigenvalue weighted by Gasteiger charge is -2.13. The summed E-state index contributed by atoms with van der Waals surface area (Å²) in [5, 5.41) is 6.06. The molecule has 7 nitrogen and oxygen atoms in total. The molecule has 0 saturated carbocycles. The Balaban J connectivity index is 1.88. The van der Waals surface area contributed by atoms with Gasteiger partial charge in [0.1, 0.15) is 5.75 Å². The van der Waals surface area contributed by atoms with Crippen molar-refractivity contribution in [1.82, 2.24) is 4.72 Å². The lowest BCUT2D eigenvalue weighted by Crippen LogP contribution is -2.20. The molecule has 0 aromatic heterocycles. The fraction of sp³-hybridized carbons (Fsp3) is 0.208. The van der Waals surface area contributed by atoms with E-state index in [9.17, 15) is 13.2 Å². The number of methoxy groups -OCH3 is 1. The van der Waals surface area contributed by atoms with Crippen LogP contribution in [0, 0.1) is 6.92 Å². The normalized spacial score (nSPS) is 11.2. The molecule has 0 radical (unpaired) electrons. The van der Waals surface area contributed by atoms with E-state index >= 15 is 0 Å². The van der Waals surface area contributed by atoms with Gasteiger partial charge in [0.25, 0.3) is 5.91 Å². The molecule has 0 unspecified atom stereocenters. The molecule has 1 amide bonds. The van der Waals surface area contributed by atoms with Gasteiger partial charge < -0.3 is 15.4 Å². The molecule has 0 fully saturated rings. The molecule has 33 heavy (non-hydrogen) atoms. The third-order valence-electron chi connectivity index (χ3n) is 5.03. The molecule has 174 valence electrons. The van der Waals surface area contributed by atoms with Crippen LogP contribution in [-0.4, -0.2) is 34.7 Å². The van der Waals surface area contributed by atoms with Crippen LogP contribution in [0.25, 0.3) is 0 Å². The second-order valence-corrected chi connectivity index (χ2v) is 10.1. The monoisotopic (exact) mass is 485 g/mol. The first-order valence-electron chi connectivity index (χ1n) is 10.2. The van der Waals surface area contributed by atoms with Crippen LogP contribution < -0.4 is 20.1 Å². The number of amides is 1. The fourth-order valence-corrected chi connectivity index (χ4v) is 4.52. The van der Waals surface area contributed by atoms with Gasteiger partial charge >= 0.3 is 0 Å². The number of nitrogens with one attached hydrogen (secondary N) is 3. The van der Waals surface area contributed by atoms with Gasteiger partial charge in [0.2, 0.25) is 10.0 Å². The van der Waals surface area contributed by atoms with E-state index in [0.717, 1.165) is 21.8 Å². The Morgan fingerprint density at radius 2 is 1.82 bits per heavy atom. The molecule has 0 bridgehead atoms. The summed E-state index contributed by atoms with van der Waals surface area (Å²) in [6, 6.07) is 17.8. The fourth-order valence-electron chi connectivity index (χ4n) is 3.26. The minimum atomic E-state index is -3.75. The topological polar surface area (TPSA) is 96.5 Å². The largest absolute Gasteiger partial charge is 0.496 e. The smallest absolute Gasteiger partial charge is 0.255 e. The van der Waals surface area contributed by atoms with E-state index in [1.54, 1.807) is 31.0 Å². The number of hydrogen-bond donors (Lipinski definition) is 3. The predicted octanol–water partition coefficient (Wildman–Crippen LogP) is 4.50. The van der Waals surface area contributed by atoms with Crippen molar-refractivity contribution in [1.29, 1.82) is 0 Å². The van der Waals surface area contributed by atoms with Crippen LogP contribution in [0.1, 0.15) is 21.5 Å². The van der Waals surface area contributed by atoms with Crippen LogP contribution in [0.4, 0.5) is 11.4 Å². The minimum absolute atomic E-state index is 0.00364. The second kappa shape index (κ2) is 10.7. The van der Waals surface area contributed by atoms with Crippen LogP contribution in [0.2, 0.25) is 0 Å². The molecule has 0 aliphatic carbocycles. The first-order chi connectivity index (χ1) is 15.7. The molecule has 3 aromatic carbocycles. The quantitative estimate of drug-likeness (QED) is 0.386. The average molecular weight is 486 g/mol. The highest BCUT2D eigenvalue weighted by atomic mass is 32.2. The number of anilines is 2. The number of carbonyl (C=O) groups excluding carboxylic acids is 1. The molecular formula is C24H27N3O4S2. The first-order valence-corrected chi connectivity index (χ1v) is 12.9. The zero-order chi connectivity index (χ0) is 24.0. The summed E-state index contributed by atoms with van der Waals surface area (Å²) < 4.78 is 32.5. The highest BCUT2D eigenvalue weighted by Crippen LogP contribution is 2.24. The standard InChI is InChI=1S/C24H27N3O4S2/c1-16-10-17(8-9-23(16)31-3)15-26-20-11-18(12-22(14-20)33(29,30)25-2)24(28)27-19-6-5-7-21(13-19)32-4/h5-14,25-26H,15H2,1-4H3,(H,27,28). The predicted molar refractivity (Wildman–Crippen MR) is 134 cm³/mol. The van der Waals surface area contributed by atoms with Crippen molar-refractivity contribution in [2.75, 3.05) is 31.0 Å². The summed E-state index contributed by atoms with van der Waals surface area (Å²) >= 11 is 1.57. The molecule has 3 rings (SSSR count). The van der Waals surface area contributed by atoms with E-state index in [1.165, 1.54) is 19.2 Å². The molecule has 0 heterocycles. The summed E-state index contributed by atoms with van der Waals surface area (Å²) in [4.78, 5) is 14.0. The van der Waals surface area contributed by atoms with Crippen molar-refractivity contribution in [3.8, 4) is 5.75 Å². The van der Waals surface area contributed by atoms with Gasteiger partial charge in [-0.2, -0.15) is 0 Å². The molecule has 0 aliphatic heterocycles. The van der Waals surface area contributed by atoms with Crippen LogP contribution in [0.5, 0.6) is 5.75 Å². The van der Waals surface area contributed by atoms with Crippen molar-refractivity contribution in [3.63, 3.8) is 0 Å². The van der Waals surface area contributed by atoms with Crippen molar-refractivity contribution in [3.05, 3.63) is 77.4 Å². The zero-order valence-corrected chi connectivity index (χ0v) is 20.6. The summed E-state index contributed by atoms with van der Waals surface area (Å²) in [6.07, 6.45) is 1.95. The van der Waals surface area contributed by atoms with Crippen molar-refractivity contribution in [2.45, 2.75) is 23.3 Å². The van der Waals surface area contributed by atoms with Crippen LogP contribution >= 0.6 is 11.8 Å². The van der Waals surface area contributed by atoms with E-state index < -0.39 is 15.9 Å². The Morgan fingerprint density at radius 3 is 2.48 bits per heavy atom. The Labute approximate surface area is 199 Å². The Hall–Kier alpha value is -3.01. The third kappa shape index (κ3) is 6.28. The number of thioether (sulfide) groups is 1. The van der Waals surface area contributed by atoms with E-state index in [1.807, 2.05) is 49.6 Å². The number of sulfonamides is 1. The van der Waals surface area contributed by atoms with Crippen molar-refractivity contribution >= 4 is 39.1 Å². The van der Waals surface area contributed by atoms with Gasteiger partial charge in [-0.1, -0.05) is 18.2 Å². The third-order valence-corrected chi connectivity index (χ3v) is 7.15. The maximum atomic E-state index is 12.9. The van der Waals surface area contributed by atoms with E-state index in [2.05, 4.69) is 15.4 Å². The van der Waals surface area contributed by atoms with Gasteiger partial charge in [0, 0.05) is 28.4 Å². The molecule has 3 aromatic rings. The molecule has 0 aliphatic rings. The molecule has 0 spiro atoms. The second-order valence-electron chi connectivity index (χ2n) is 7.30. The van der Waals surface area contributed by atoms with E-state index in [-0.39, 0.29) is 10.5 Å². The molecule has 3 N–H and O–H groups in total. The maximum absolute atomic E-state index is 12.9. The van der Waals surface area contributed by atoms with Crippen molar-refractivity contribution in [2.24, 2.45) is 0 Å². The van der Waals surface area contributed by atoms with Gasteiger partial charge in [-0.25, -0.2) is 13.1 Å². The number of hydrogen-bond acceptors (Lipinski definition) is 6. The van der Waals surface area contributed by atoms with E-state index in [0.29, 0.717) is 17.9 Å². The van der Waals surface area contributed by atoms with Crippen molar-refractivity contribution < 1.29 is 17.9 Å². The summed E-state index contributed by atoms with van der Waals surface area (Å²) in [5.74, 6) is 0.398. The Morgan fingerprint density at radius 1 is 1.03 bits per heavy atom. The Kier molecular flexibility index (Phi) is 8.01. The number of carbonyl (C=O) groups is 1. The molecule has 0 atom stereocenters. The van der Waals surface area contributed by atoms with Gasteiger partial charge in [-0.15, -0.1) is 11.8 Å². The highest BCUT2D eigenvalue weighted by Gasteiger charge is 2.17. The highest BCUT2D eigenvalue weighted by molar-refractivity contribution is 7.98. The average Bonchev–Trinajstić information content (AvgIpc) is 2.82. The number of aryl methyl sites for hydroxylation is 1. The molecule has 0 saturated heterocycles. The van der Waals surface area contributed by atoms with Gasteiger partial charge in [0.15, 0.2) is 0 Å². The number of rotatable bonds is 9. The zero-order valence-electron chi connectivity index (χ0n) is 18.9. The SMILES string of the molecule is CNS(=O)(=O)c1cc(NCc2ccc(OC)c(C)c2)cc(C(=O)Nc2cccc(SC)c2)c1. The maximum Gasteiger partial charge on any atom is 0.255 e. The number of benzene rings is 3. The number of ether oxygens (including phenoxy) is 1. The lowest BCUT2D eigenvalue weighted by molar-refractivity contribution is 0.102. The lowest BCUT2D eigenvalue weighted by atomic mass is 10.1. The van der Waals surface area contributed by atoms with Crippen LogP contribution in [0.3, 0.4) is 0 Å². The molecular weight excluding hydrogens is 458 g/mol. The van der Waals surface area contributed by atoms with Crippen LogP contribution in [0.15, 0.2) is 70.5 Å². The van der Waals surface area contributed by atoms with Gasteiger partial charge in [0.05, 0.1) is 12.0 Å².